The summed E-state index contributed by atoms with van der Waals surface area (Å²) in [5, 5.41) is 3.53. The smallest absolute Gasteiger partial charge is 0.245 e. The lowest BCUT2D eigenvalue weighted by atomic mass is 9.93. The average Bonchev–Trinajstić information content (AvgIpc) is 2.90. The van der Waals surface area contributed by atoms with Crippen molar-refractivity contribution < 1.29 is 18.0 Å². The first-order chi connectivity index (χ1) is 18.6. The number of nitrogens with zero attached hydrogens (tertiary/aromatic N) is 3. The summed E-state index contributed by atoms with van der Waals surface area (Å²) < 4.78 is 29.2. The van der Waals surface area contributed by atoms with Gasteiger partial charge in [0.05, 0.1) is 10.9 Å². The molecule has 8 nitrogen and oxygen atoms in total. The number of amides is 2. The van der Waals surface area contributed by atoms with Gasteiger partial charge < -0.3 is 15.1 Å². The highest BCUT2D eigenvalue weighted by Gasteiger charge is 2.45. The number of benzene rings is 2. The molecule has 4 rings (SSSR count). The molecule has 2 amide bonds. The van der Waals surface area contributed by atoms with Crippen LogP contribution in [0.2, 0.25) is 5.02 Å². The number of hydrogen-bond acceptors (Lipinski definition) is 5. The van der Waals surface area contributed by atoms with Gasteiger partial charge in [0.15, 0.2) is 0 Å². The molecule has 2 aromatic carbocycles. The number of nitrogens with one attached hydrogen (secondary N) is 1. The van der Waals surface area contributed by atoms with Gasteiger partial charge in [0.2, 0.25) is 21.8 Å². The highest BCUT2D eigenvalue weighted by Crippen LogP contribution is 2.33. The third kappa shape index (κ3) is 7.60. The number of carbonyl (C=O) groups is 2. The van der Waals surface area contributed by atoms with Crippen LogP contribution in [-0.4, -0.2) is 86.2 Å². The van der Waals surface area contributed by atoms with E-state index in [0.29, 0.717) is 31.1 Å². The van der Waals surface area contributed by atoms with Gasteiger partial charge in [-0.1, -0.05) is 61.2 Å². The lowest BCUT2D eigenvalue weighted by Gasteiger charge is -2.48. The Labute approximate surface area is 237 Å². The molecule has 1 saturated carbocycles. The molecule has 2 fully saturated rings. The van der Waals surface area contributed by atoms with Crippen LogP contribution in [0.1, 0.15) is 44.1 Å². The Bertz CT molecular complexity index is 1210. The molecule has 1 aliphatic heterocycles. The zero-order valence-corrected chi connectivity index (χ0v) is 24.3. The van der Waals surface area contributed by atoms with Crippen LogP contribution < -0.4 is 5.32 Å². The summed E-state index contributed by atoms with van der Waals surface area (Å²) in [4.78, 5) is 30.2. The van der Waals surface area contributed by atoms with Crippen LogP contribution in [-0.2, 0) is 26.0 Å². The largest absolute Gasteiger partial charge is 0.344 e. The Morgan fingerprint density at radius 1 is 0.974 bits per heavy atom. The van der Waals surface area contributed by atoms with E-state index < -0.39 is 16.1 Å². The normalized spacial score (nSPS) is 17.7. The molecule has 39 heavy (non-hydrogen) atoms. The molecule has 0 aromatic heterocycles. The van der Waals surface area contributed by atoms with E-state index in [9.17, 15) is 18.0 Å². The number of halogens is 1. The van der Waals surface area contributed by atoms with Crippen molar-refractivity contribution >= 4 is 33.4 Å². The Morgan fingerprint density at radius 2 is 1.62 bits per heavy atom. The van der Waals surface area contributed by atoms with E-state index in [4.69, 9.17) is 11.6 Å². The minimum absolute atomic E-state index is 0.0678. The number of hydrogen-bond donors (Lipinski definition) is 1. The molecule has 1 saturated heterocycles. The van der Waals surface area contributed by atoms with Gasteiger partial charge in [-0.05, 0) is 56.8 Å². The van der Waals surface area contributed by atoms with Crippen molar-refractivity contribution in [3.63, 3.8) is 0 Å². The lowest BCUT2D eigenvalue weighted by molar-refractivity contribution is -0.142. The SMILES string of the molecule is CN(C)CCC(=O)N[C@H](Cc1ccc(Cl)cc1)C(=O)N1CC(N(C2CCCCC2)S(=O)(=O)c2ccccc2)C1. The average molecular weight is 575 g/mol. The Balaban J connectivity index is 1.49. The minimum atomic E-state index is -3.71. The second kappa shape index (κ2) is 13.3. The van der Waals surface area contributed by atoms with Gasteiger partial charge in [0.25, 0.3) is 0 Å². The number of rotatable bonds is 11. The van der Waals surface area contributed by atoms with Crippen LogP contribution in [0, 0.1) is 0 Å². The Morgan fingerprint density at radius 3 is 2.23 bits per heavy atom. The van der Waals surface area contributed by atoms with Crippen LogP contribution in [0.5, 0.6) is 0 Å². The molecule has 1 N–H and O–H groups in total. The predicted octanol–water partition coefficient (Wildman–Crippen LogP) is 3.55. The minimum Gasteiger partial charge on any atom is -0.344 e. The highest BCUT2D eigenvalue weighted by atomic mass is 35.5. The van der Waals surface area contributed by atoms with Gasteiger partial charge in [0, 0.05) is 43.5 Å². The summed E-state index contributed by atoms with van der Waals surface area (Å²) in [5.74, 6) is -0.385. The van der Waals surface area contributed by atoms with Crippen molar-refractivity contribution in [2.45, 2.75) is 68.0 Å². The van der Waals surface area contributed by atoms with Gasteiger partial charge in [0.1, 0.15) is 6.04 Å². The summed E-state index contributed by atoms with van der Waals surface area (Å²) >= 11 is 6.04. The summed E-state index contributed by atoms with van der Waals surface area (Å²) in [5.41, 5.74) is 0.887. The van der Waals surface area contributed by atoms with Crippen LogP contribution in [0.25, 0.3) is 0 Å². The van der Waals surface area contributed by atoms with Crippen molar-refractivity contribution in [1.82, 2.24) is 19.4 Å². The van der Waals surface area contributed by atoms with Crippen molar-refractivity contribution in [1.29, 1.82) is 0 Å². The fraction of sp³-hybridized carbons (Fsp3) is 0.517. The standard InChI is InChI=1S/C29H39ClN4O4S/c1-32(2)18-17-28(35)31-27(19-22-13-15-23(30)16-14-22)29(36)33-20-25(21-33)34(24-9-5-3-6-10-24)39(37,38)26-11-7-4-8-12-26/h4,7-8,11-16,24-25,27H,3,5-6,9-10,17-21H2,1-2H3,(H,31,35)/t27-/m1/s1. The van der Waals surface area contributed by atoms with Gasteiger partial charge in [-0.3, -0.25) is 9.59 Å². The molecule has 1 aliphatic carbocycles. The molecule has 1 atom stereocenters. The van der Waals surface area contributed by atoms with Gasteiger partial charge in [-0.25, -0.2) is 8.42 Å². The molecule has 0 bridgehead atoms. The highest BCUT2D eigenvalue weighted by molar-refractivity contribution is 7.89. The van der Waals surface area contributed by atoms with Crippen molar-refractivity contribution in [3.8, 4) is 0 Å². The van der Waals surface area contributed by atoms with E-state index >= 15 is 0 Å². The van der Waals surface area contributed by atoms with E-state index in [2.05, 4.69) is 5.32 Å². The first kappa shape index (κ1) is 29.5. The van der Waals surface area contributed by atoms with E-state index in [1.807, 2.05) is 31.1 Å². The monoisotopic (exact) mass is 574 g/mol. The van der Waals surface area contributed by atoms with Crippen molar-refractivity contribution in [2.75, 3.05) is 33.7 Å². The summed E-state index contributed by atoms with van der Waals surface area (Å²) in [7, 11) is 0.0797. The molecule has 2 aromatic rings. The lowest BCUT2D eigenvalue weighted by Crippen LogP contribution is -2.67. The number of likely N-dealkylation sites (tertiary alicyclic amines) is 1. The molecule has 0 spiro atoms. The molecule has 2 aliphatic rings. The summed E-state index contributed by atoms with van der Waals surface area (Å²) in [6.07, 6.45) is 5.40. The fourth-order valence-electron chi connectivity index (χ4n) is 5.40. The zero-order chi connectivity index (χ0) is 28.0. The third-order valence-electron chi connectivity index (χ3n) is 7.56. The molecule has 212 valence electrons. The van der Waals surface area contributed by atoms with Gasteiger partial charge in [-0.2, -0.15) is 4.31 Å². The third-order valence-corrected chi connectivity index (χ3v) is 9.83. The van der Waals surface area contributed by atoms with E-state index in [1.165, 1.54) is 0 Å². The summed E-state index contributed by atoms with van der Waals surface area (Å²) in [6.45, 7) is 1.20. The zero-order valence-electron chi connectivity index (χ0n) is 22.8. The maximum atomic E-state index is 13.8. The van der Waals surface area contributed by atoms with E-state index in [0.717, 1.165) is 37.7 Å². The topological polar surface area (TPSA) is 90.0 Å². The molecule has 0 radical (unpaired) electrons. The van der Waals surface area contributed by atoms with Crippen LogP contribution in [0.4, 0.5) is 0 Å². The van der Waals surface area contributed by atoms with Crippen molar-refractivity contribution in [3.05, 3.63) is 65.2 Å². The second-order valence-corrected chi connectivity index (χ2v) is 13.1. The van der Waals surface area contributed by atoms with Crippen LogP contribution in [0.15, 0.2) is 59.5 Å². The van der Waals surface area contributed by atoms with Crippen LogP contribution >= 0.6 is 11.6 Å². The van der Waals surface area contributed by atoms with Crippen molar-refractivity contribution in [2.24, 2.45) is 0 Å². The van der Waals surface area contributed by atoms with E-state index in [1.54, 1.807) is 51.7 Å². The maximum Gasteiger partial charge on any atom is 0.245 e. The summed E-state index contributed by atoms with van der Waals surface area (Å²) in [6, 6.07) is 14.7. The van der Waals surface area contributed by atoms with Gasteiger partial charge in [-0.15, -0.1) is 0 Å². The Hall–Kier alpha value is -2.46. The quantitative estimate of drug-likeness (QED) is 0.443. The fourth-order valence-corrected chi connectivity index (χ4v) is 7.40. The van der Waals surface area contributed by atoms with E-state index in [-0.39, 0.29) is 35.2 Å². The van der Waals surface area contributed by atoms with Gasteiger partial charge >= 0.3 is 0 Å². The predicted molar refractivity (Wildman–Crippen MR) is 153 cm³/mol. The maximum absolute atomic E-state index is 13.8. The first-order valence-electron chi connectivity index (χ1n) is 13.7. The second-order valence-electron chi connectivity index (χ2n) is 10.8. The molecule has 10 heteroatoms. The number of carbonyl (C=O) groups excluding carboxylic acids is 2. The first-order valence-corrected chi connectivity index (χ1v) is 15.5. The van der Waals surface area contributed by atoms with Crippen LogP contribution in [0.3, 0.4) is 0 Å². The molecular weight excluding hydrogens is 536 g/mol. The molecule has 0 unspecified atom stereocenters. The Kier molecular flexibility index (Phi) is 10.0. The number of sulfonamides is 1. The molecule has 1 heterocycles. The molecular formula is C29H39ClN4O4S.